The van der Waals surface area contributed by atoms with Crippen molar-refractivity contribution in [1.29, 1.82) is 0 Å². The molecule has 7 heteroatoms. The van der Waals surface area contributed by atoms with Crippen molar-refractivity contribution < 1.29 is 14.4 Å². The standard InChI is InChI=1S/C13H13N3O4/c1-14-11-7-9(3-4-12(11)16(17)18)20-10-5-6-15-13(8-10)19-2/h3-8,14H,1-2H3. The molecule has 7 nitrogen and oxygen atoms in total. The lowest BCUT2D eigenvalue weighted by atomic mass is 10.2. The zero-order valence-corrected chi connectivity index (χ0v) is 11.0. The van der Waals surface area contributed by atoms with Crippen LogP contribution in [0.2, 0.25) is 0 Å². The molecule has 0 atom stereocenters. The van der Waals surface area contributed by atoms with Crippen molar-refractivity contribution in [3.8, 4) is 17.4 Å². The number of nitrogens with zero attached hydrogens (tertiary/aromatic N) is 2. The molecule has 1 heterocycles. The fourth-order valence-corrected chi connectivity index (χ4v) is 1.64. The highest BCUT2D eigenvalue weighted by Gasteiger charge is 2.13. The molecule has 1 N–H and O–H groups in total. The first-order chi connectivity index (χ1) is 9.63. The maximum absolute atomic E-state index is 10.8. The number of anilines is 1. The van der Waals surface area contributed by atoms with Gasteiger partial charge in [-0.05, 0) is 12.1 Å². The van der Waals surface area contributed by atoms with E-state index >= 15 is 0 Å². The summed E-state index contributed by atoms with van der Waals surface area (Å²) < 4.78 is 10.6. The molecule has 0 saturated heterocycles. The van der Waals surface area contributed by atoms with E-state index in [0.29, 0.717) is 23.1 Å². The van der Waals surface area contributed by atoms with Gasteiger partial charge in [0.15, 0.2) is 0 Å². The van der Waals surface area contributed by atoms with E-state index in [0.717, 1.165) is 0 Å². The maximum Gasteiger partial charge on any atom is 0.292 e. The van der Waals surface area contributed by atoms with Crippen LogP contribution in [0.1, 0.15) is 0 Å². The number of ether oxygens (including phenoxy) is 2. The van der Waals surface area contributed by atoms with Gasteiger partial charge in [0.2, 0.25) is 5.88 Å². The van der Waals surface area contributed by atoms with Crippen molar-refractivity contribution in [2.24, 2.45) is 0 Å². The topological polar surface area (TPSA) is 86.5 Å². The molecule has 0 aliphatic rings. The van der Waals surface area contributed by atoms with Gasteiger partial charge in [-0.25, -0.2) is 4.98 Å². The molecule has 2 aromatic rings. The Morgan fingerprint density at radius 2 is 2.00 bits per heavy atom. The minimum Gasteiger partial charge on any atom is -0.481 e. The van der Waals surface area contributed by atoms with Crippen LogP contribution < -0.4 is 14.8 Å². The van der Waals surface area contributed by atoms with Crippen LogP contribution in [0.15, 0.2) is 36.5 Å². The molecule has 0 fully saturated rings. The first-order valence-corrected chi connectivity index (χ1v) is 5.78. The van der Waals surface area contributed by atoms with Crippen molar-refractivity contribution in [2.75, 3.05) is 19.5 Å². The quantitative estimate of drug-likeness (QED) is 0.667. The number of methoxy groups -OCH3 is 1. The van der Waals surface area contributed by atoms with Gasteiger partial charge in [-0.15, -0.1) is 0 Å². The summed E-state index contributed by atoms with van der Waals surface area (Å²) in [4.78, 5) is 14.3. The van der Waals surface area contributed by atoms with E-state index in [4.69, 9.17) is 9.47 Å². The highest BCUT2D eigenvalue weighted by atomic mass is 16.6. The lowest BCUT2D eigenvalue weighted by molar-refractivity contribution is -0.384. The van der Waals surface area contributed by atoms with Gasteiger partial charge in [0, 0.05) is 31.4 Å². The fraction of sp³-hybridized carbons (Fsp3) is 0.154. The van der Waals surface area contributed by atoms with E-state index in [9.17, 15) is 10.1 Å². The largest absolute Gasteiger partial charge is 0.481 e. The second-order valence-corrected chi connectivity index (χ2v) is 3.82. The molecular formula is C13H13N3O4. The first kappa shape index (κ1) is 13.6. The first-order valence-electron chi connectivity index (χ1n) is 5.78. The Hall–Kier alpha value is -2.83. The van der Waals surface area contributed by atoms with Gasteiger partial charge in [-0.3, -0.25) is 10.1 Å². The fourth-order valence-electron chi connectivity index (χ4n) is 1.64. The molecular weight excluding hydrogens is 262 g/mol. The van der Waals surface area contributed by atoms with E-state index in [1.807, 2.05) is 0 Å². The maximum atomic E-state index is 10.8. The number of aromatic nitrogens is 1. The Bertz CT molecular complexity index is 631. The molecule has 1 aromatic heterocycles. The van der Waals surface area contributed by atoms with Crippen LogP contribution >= 0.6 is 0 Å². The lowest BCUT2D eigenvalue weighted by Gasteiger charge is -2.08. The van der Waals surface area contributed by atoms with Crippen molar-refractivity contribution in [3.05, 3.63) is 46.6 Å². The van der Waals surface area contributed by atoms with Gasteiger partial charge in [0.1, 0.15) is 17.2 Å². The van der Waals surface area contributed by atoms with E-state index in [-0.39, 0.29) is 5.69 Å². The molecule has 0 amide bonds. The number of hydrogen-bond acceptors (Lipinski definition) is 6. The highest BCUT2D eigenvalue weighted by molar-refractivity contribution is 5.64. The molecule has 1 aromatic carbocycles. The number of nitrogens with one attached hydrogen (secondary N) is 1. The summed E-state index contributed by atoms with van der Waals surface area (Å²) in [7, 11) is 3.12. The molecule has 0 spiro atoms. The number of nitro groups is 1. The summed E-state index contributed by atoms with van der Waals surface area (Å²) in [5.41, 5.74) is 0.376. The predicted octanol–water partition coefficient (Wildman–Crippen LogP) is 2.83. The predicted molar refractivity (Wildman–Crippen MR) is 73.5 cm³/mol. The Balaban J connectivity index is 2.27. The van der Waals surface area contributed by atoms with Crippen molar-refractivity contribution >= 4 is 11.4 Å². The van der Waals surface area contributed by atoms with Crippen molar-refractivity contribution in [3.63, 3.8) is 0 Å². The second-order valence-electron chi connectivity index (χ2n) is 3.82. The zero-order chi connectivity index (χ0) is 14.5. The molecule has 0 radical (unpaired) electrons. The van der Waals surface area contributed by atoms with Crippen molar-refractivity contribution in [2.45, 2.75) is 0 Å². The average Bonchev–Trinajstić information content (AvgIpc) is 2.47. The van der Waals surface area contributed by atoms with E-state index in [1.54, 1.807) is 31.4 Å². The third kappa shape index (κ3) is 2.94. The molecule has 0 aliphatic carbocycles. The SMILES string of the molecule is CNc1cc(Oc2ccnc(OC)c2)ccc1[N+](=O)[O-]. The Morgan fingerprint density at radius 1 is 1.25 bits per heavy atom. The summed E-state index contributed by atoms with van der Waals surface area (Å²) >= 11 is 0. The molecule has 0 aliphatic heterocycles. The summed E-state index contributed by atoms with van der Waals surface area (Å²) in [6.07, 6.45) is 1.55. The van der Waals surface area contributed by atoms with Crippen LogP contribution in [0.3, 0.4) is 0 Å². The monoisotopic (exact) mass is 275 g/mol. The van der Waals surface area contributed by atoms with Gasteiger partial charge in [0.25, 0.3) is 5.69 Å². The van der Waals surface area contributed by atoms with Gasteiger partial charge < -0.3 is 14.8 Å². The summed E-state index contributed by atoms with van der Waals surface area (Å²) in [6.45, 7) is 0. The second kappa shape index (κ2) is 5.87. The number of benzene rings is 1. The smallest absolute Gasteiger partial charge is 0.292 e. The average molecular weight is 275 g/mol. The number of rotatable bonds is 5. The summed E-state index contributed by atoms with van der Waals surface area (Å²) in [5, 5.41) is 13.6. The van der Waals surface area contributed by atoms with Crippen LogP contribution in [-0.2, 0) is 0 Å². The molecule has 0 bridgehead atoms. The third-order valence-electron chi connectivity index (χ3n) is 2.59. The molecule has 0 unspecified atom stereocenters. The number of hydrogen-bond donors (Lipinski definition) is 1. The van der Waals surface area contributed by atoms with Gasteiger partial charge in [-0.2, -0.15) is 0 Å². The van der Waals surface area contributed by atoms with Crippen LogP contribution in [0.5, 0.6) is 17.4 Å². The van der Waals surface area contributed by atoms with E-state index < -0.39 is 4.92 Å². The normalized spacial score (nSPS) is 9.90. The van der Waals surface area contributed by atoms with Crippen LogP contribution in [-0.4, -0.2) is 24.1 Å². The highest BCUT2D eigenvalue weighted by Crippen LogP contribution is 2.31. The van der Waals surface area contributed by atoms with Gasteiger partial charge in [-0.1, -0.05) is 0 Å². The minimum absolute atomic E-state index is 0.00726. The third-order valence-corrected chi connectivity index (χ3v) is 2.59. The number of nitro benzene ring substituents is 1. The van der Waals surface area contributed by atoms with Crippen molar-refractivity contribution in [1.82, 2.24) is 4.98 Å². The van der Waals surface area contributed by atoms with E-state index in [2.05, 4.69) is 10.3 Å². The Morgan fingerprint density at radius 3 is 2.65 bits per heavy atom. The van der Waals surface area contributed by atoms with Crippen LogP contribution in [0, 0.1) is 10.1 Å². The summed E-state index contributed by atoms with van der Waals surface area (Å²) in [5.74, 6) is 1.44. The van der Waals surface area contributed by atoms with E-state index in [1.165, 1.54) is 19.2 Å². The minimum atomic E-state index is -0.453. The molecule has 2 rings (SSSR count). The number of pyridine rings is 1. The lowest BCUT2D eigenvalue weighted by Crippen LogP contribution is -1.97. The molecule has 0 saturated carbocycles. The van der Waals surface area contributed by atoms with Gasteiger partial charge >= 0.3 is 0 Å². The Labute approximate surface area is 115 Å². The summed E-state index contributed by atoms with van der Waals surface area (Å²) in [6, 6.07) is 7.78. The van der Waals surface area contributed by atoms with Gasteiger partial charge in [0.05, 0.1) is 12.0 Å². The van der Waals surface area contributed by atoms with Crippen LogP contribution in [0.25, 0.3) is 0 Å². The Kier molecular flexibility index (Phi) is 3.99. The molecule has 104 valence electrons. The molecule has 20 heavy (non-hydrogen) atoms. The van der Waals surface area contributed by atoms with Crippen LogP contribution in [0.4, 0.5) is 11.4 Å². The zero-order valence-electron chi connectivity index (χ0n) is 11.0.